The molecule has 3 amide bonds. The maximum atomic E-state index is 13.0. The molecule has 184 valence electrons. The van der Waals surface area contributed by atoms with Gasteiger partial charge in [-0.25, -0.2) is 9.69 Å². The van der Waals surface area contributed by atoms with Crippen LogP contribution in [0.3, 0.4) is 0 Å². The fourth-order valence-electron chi connectivity index (χ4n) is 4.61. The first-order chi connectivity index (χ1) is 16.8. The Kier molecular flexibility index (Phi) is 7.19. The number of hydrogen-bond acceptors (Lipinski definition) is 6. The van der Waals surface area contributed by atoms with Gasteiger partial charge >= 0.3 is 5.97 Å². The molecule has 1 aliphatic heterocycles. The molecule has 0 spiro atoms. The Bertz CT molecular complexity index is 1130. The fourth-order valence-corrected chi connectivity index (χ4v) is 4.61. The zero-order chi connectivity index (χ0) is 25.1. The molecule has 8 nitrogen and oxygen atoms in total. The van der Waals surface area contributed by atoms with Crippen LogP contribution in [0.4, 0.5) is 5.69 Å². The van der Waals surface area contributed by atoms with Gasteiger partial charge in [-0.3, -0.25) is 14.4 Å². The van der Waals surface area contributed by atoms with Crippen molar-refractivity contribution < 1.29 is 28.7 Å². The van der Waals surface area contributed by atoms with Gasteiger partial charge in [-0.15, -0.1) is 0 Å². The monoisotopic (exact) mass is 478 g/mol. The number of esters is 1. The van der Waals surface area contributed by atoms with Crippen molar-refractivity contribution in [2.45, 2.75) is 45.6 Å². The second kappa shape index (κ2) is 10.3. The van der Waals surface area contributed by atoms with Crippen LogP contribution in [0.25, 0.3) is 0 Å². The van der Waals surface area contributed by atoms with E-state index in [1.54, 1.807) is 36.2 Å². The molecular formula is C27H30N2O6. The smallest absolute Gasteiger partial charge is 0.338 e. The molecule has 0 unspecified atom stereocenters. The van der Waals surface area contributed by atoms with Crippen molar-refractivity contribution in [1.29, 1.82) is 0 Å². The lowest BCUT2D eigenvalue weighted by molar-refractivity contribution is -0.136. The van der Waals surface area contributed by atoms with E-state index in [4.69, 9.17) is 9.47 Å². The molecular weight excluding hydrogens is 448 g/mol. The third-order valence-corrected chi connectivity index (χ3v) is 6.78. The van der Waals surface area contributed by atoms with E-state index < -0.39 is 17.8 Å². The van der Waals surface area contributed by atoms with Gasteiger partial charge in [0.1, 0.15) is 5.75 Å². The number of anilines is 1. The number of fused-ring (bicyclic) bond motifs is 1. The van der Waals surface area contributed by atoms with Crippen LogP contribution in [0.2, 0.25) is 0 Å². The lowest BCUT2D eigenvalue weighted by Crippen LogP contribution is -2.41. The molecule has 8 heteroatoms. The summed E-state index contributed by atoms with van der Waals surface area (Å²) in [5.74, 6) is -0.652. The summed E-state index contributed by atoms with van der Waals surface area (Å²) in [7, 11) is 1.74. The molecule has 2 aromatic rings. The largest absolute Gasteiger partial charge is 0.494 e. The molecule has 2 aliphatic rings. The van der Waals surface area contributed by atoms with Crippen LogP contribution >= 0.6 is 0 Å². The van der Waals surface area contributed by atoms with Gasteiger partial charge < -0.3 is 14.4 Å². The molecule has 0 radical (unpaired) electrons. The van der Waals surface area contributed by atoms with Crippen molar-refractivity contribution in [2.24, 2.45) is 5.92 Å². The topological polar surface area (TPSA) is 93.2 Å². The summed E-state index contributed by atoms with van der Waals surface area (Å²) in [6.45, 7) is 4.22. The van der Waals surface area contributed by atoms with Crippen molar-refractivity contribution in [1.82, 2.24) is 4.90 Å². The van der Waals surface area contributed by atoms with Crippen LogP contribution in [0, 0.1) is 5.92 Å². The van der Waals surface area contributed by atoms with Crippen molar-refractivity contribution in [3.05, 3.63) is 59.2 Å². The molecule has 1 heterocycles. The minimum atomic E-state index is -0.716. The van der Waals surface area contributed by atoms with Crippen LogP contribution in [0.1, 0.15) is 70.6 Å². The molecule has 0 saturated heterocycles. The molecule has 2 aromatic carbocycles. The molecule has 1 fully saturated rings. The number of rotatable bonds is 7. The number of imide groups is 1. The predicted octanol–water partition coefficient (Wildman–Crippen LogP) is 4.08. The number of carbonyl (C=O) groups is 4. The van der Waals surface area contributed by atoms with Crippen LogP contribution in [0.5, 0.6) is 5.75 Å². The molecule has 4 rings (SSSR count). The van der Waals surface area contributed by atoms with Crippen molar-refractivity contribution in [3.63, 3.8) is 0 Å². The third kappa shape index (κ3) is 5.06. The van der Waals surface area contributed by atoms with Gasteiger partial charge in [-0.05, 0) is 81.0 Å². The highest BCUT2D eigenvalue weighted by Gasteiger charge is 2.37. The Morgan fingerprint density at radius 2 is 1.63 bits per heavy atom. The molecule has 35 heavy (non-hydrogen) atoms. The van der Waals surface area contributed by atoms with E-state index >= 15 is 0 Å². The average Bonchev–Trinajstić information content (AvgIpc) is 3.12. The van der Waals surface area contributed by atoms with Gasteiger partial charge in [-0.1, -0.05) is 6.92 Å². The number of hydrogen-bond donors (Lipinski definition) is 0. The van der Waals surface area contributed by atoms with Gasteiger partial charge in [0.2, 0.25) is 0 Å². The van der Waals surface area contributed by atoms with Gasteiger partial charge in [0.25, 0.3) is 17.7 Å². The van der Waals surface area contributed by atoms with E-state index in [2.05, 4.69) is 6.92 Å². The quantitative estimate of drug-likeness (QED) is 0.440. The van der Waals surface area contributed by atoms with E-state index in [-0.39, 0.29) is 35.2 Å². The second-order valence-electron chi connectivity index (χ2n) is 9.13. The van der Waals surface area contributed by atoms with E-state index in [0.29, 0.717) is 24.0 Å². The summed E-state index contributed by atoms with van der Waals surface area (Å²) >= 11 is 0. The Hall–Kier alpha value is -3.68. The number of carbonyl (C=O) groups excluding carboxylic acids is 4. The zero-order valence-electron chi connectivity index (χ0n) is 20.3. The summed E-state index contributed by atoms with van der Waals surface area (Å²) in [6, 6.07) is 11.0. The number of likely N-dealkylation sites (N-methyl/N-ethyl adjacent to an activating group) is 1. The molecule has 0 atom stereocenters. The molecule has 0 N–H and O–H groups in total. The van der Waals surface area contributed by atoms with E-state index in [1.807, 2.05) is 6.92 Å². The number of nitrogens with zero attached hydrogens (tertiary/aromatic N) is 2. The normalized spacial score (nSPS) is 19.3. The summed E-state index contributed by atoms with van der Waals surface area (Å²) in [5.41, 5.74) is 0.857. The summed E-state index contributed by atoms with van der Waals surface area (Å²) < 4.78 is 10.6. The molecule has 0 aromatic heterocycles. The first-order valence-corrected chi connectivity index (χ1v) is 12.0. The van der Waals surface area contributed by atoms with Crippen molar-refractivity contribution >= 4 is 29.4 Å². The predicted molar refractivity (Wildman–Crippen MR) is 130 cm³/mol. The summed E-state index contributed by atoms with van der Waals surface area (Å²) in [6.07, 6.45) is 4.06. The maximum absolute atomic E-state index is 13.0. The molecule has 1 aliphatic carbocycles. The van der Waals surface area contributed by atoms with Crippen LogP contribution in [-0.4, -0.2) is 54.9 Å². The highest BCUT2D eigenvalue weighted by Crippen LogP contribution is 2.30. The fraction of sp³-hybridized carbons (Fsp3) is 0.407. The lowest BCUT2D eigenvalue weighted by Gasteiger charge is -2.33. The SMILES string of the molecule is CCOc1ccc(N2C(=O)c3ccc(C(=O)OCC(=O)N(C)C4CCC(C)CC4)cc3C2=O)cc1. The third-order valence-electron chi connectivity index (χ3n) is 6.78. The Morgan fingerprint density at radius 1 is 0.971 bits per heavy atom. The van der Waals surface area contributed by atoms with Crippen molar-refractivity contribution in [3.8, 4) is 5.75 Å². The minimum Gasteiger partial charge on any atom is -0.494 e. The Morgan fingerprint density at radius 3 is 2.29 bits per heavy atom. The van der Waals surface area contributed by atoms with Crippen molar-refractivity contribution in [2.75, 3.05) is 25.2 Å². The number of ether oxygens (including phenoxy) is 2. The van der Waals surface area contributed by atoms with Crippen LogP contribution < -0.4 is 9.64 Å². The summed E-state index contributed by atoms with van der Waals surface area (Å²) in [5, 5.41) is 0. The number of amides is 3. The highest BCUT2D eigenvalue weighted by atomic mass is 16.5. The van der Waals surface area contributed by atoms with E-state index in [1.165, 1.54) is 18.2 Å². The standard InChI is InChI=1S/C27H30N2O6/c1-4-34-21-12-10-20(11-13-21)29-25(31)22-14-7-18(15-23(22)26(29)32)27(33)35-16-24(30)28(3)19-8-5-17(2)6-9-19/h7,10-15,17,19H,4-6,8-9,16H2,1-3H3. The maximum Gasteiger partial charge on any atom is 0.338 e. The number of benzene rings is 2. The zero-order valence-corrected chi connectivity index (χ0v) is 20.3. The van der Waals surface area contributed by atoms with Crippen LogP contribution in [0.15, 0.2) is 42.5 Å². The second-order valence-corrected chi connectivity index (χ2v) is 9.13. The molecule has 0 bridgehead atoms. The van der Waals surface area contributed by atoms with Gasteiger partial charge in [0, 0.05) is 13.1 Å². The summed E-state index contributed by atoms with van der Waals surface area (Å²) in [4.78, 5) is 53.8. The first-order valence-electron chi connectivity index (χ1n) is 12.0. The van der Waals surface area contributed by atoms with Gasteiger partial charge in [0.05, 0.1) is 29.0 Å². The first kappa shape index (κ1) is 24.4. The molecule has 1 saturated carbocycles. The lowest BCUT2D eigenvalue weighted by atomic mass is 9.87. The average molecular weight is 479 g/mol. The Labute approximate surface area is 204 Å². The van der Waals surface area contributed by atoms with Crippen LogP contribution in [-0.2, 0) is 9.53 Å². The van der Waals surface area contributed by atoms with Gasteiger partial charge in [0.15, 0.2) is 6.61 Å². The highest BCUT2D eigenvalue weighted by molar-refractivity contribution is 6.34. The Balaban J connectivity index is 1.41. The van der Waals surface area contributed by atoms with E-state index in [0.717, 1.165) is 30.6 Å². The van der Waals surface area contributed by atoms with Gasteiger partial charge in [-0.2, -0.15) is 0 Å². The van der Waals surface area contributed by atoms with E-state index in [9.17, 15) is 19.2 Å². The minimum absolute atomic E-state index is 0.111.